The Morgan fingerprint density at radius 1 is 1.10 bits per heavy atom. The lowest BCUT2D eigenvalue weighted by atomic mass is 10.1. The molecule has 2 aromatic carbocycles. The summed E-state index contributed by atoms with van der Waals surface area (Å²) >= 11 is 3.38. The second kappa shape index (κ2) is 8.58. The van der Waals surface area contributed by atoms with Crippen molar-refractivity contribution in [3.63, 3.8) is 0 Å². The summed E-state index contributed by atoms with van der Waals surface area (Å²) in [7, 11) is 0. The van der Waals surface area contributed by atoms with E-state index in [4.69, 9.17) is 13.9 Å². The summed E-state index contributed by atoms with van der Waals surface area (Å²) in [6.45, 7) is 0.880. The quantitative estimate of drug-likeness (QED) is 0.541. The molecule has 0 bridgehead atoms. The maximum absolute atomic E-state index is 12.9. The van der Waals surface area contributed by atoms with E-state index in [1.165, 1.54) is 12.1 Å². The second-order valence-corrected chi connectivity index (χ2v) is 7.46. The van der Waals surface area contributed by atoms with E-state index in [2.05, 4.69) is 31.4 Å². The number of carbonyl (C=O) groups is 1. The normalized spacial score (nSPS) is 13.2. The first-order valence-corrected chi connectivity index (χ1v) is 9.98. The molecule has 0 unspecified atom stereocenters. The van der Waals surface area contributed by atoms with Crippen LogP contribution in [0, 0.1) is 0 Å². The summed E-state index contributed by atoms with van der Waals surface area (Å²) in [6, 6.07) is 7.97. The maximum Gasteiger partial charge on any atom is 0.416 e. The molecule has 1 amide bonds. The van der Waals surface area contributed by atoms with Gasteiger partial charge in [-0.1, -0.05) is 6.07 Å². The predicted octanol–water partition coefficient (Wildman–Crippen LogP) is 4.86. The molecule has 1 aromatic heterocycles. The van der Waals surface area contributed by atoms with E-state index >= 15 is 0 Å². The van der Waals surface area contributed by atoms with Crippen LogP contribution in [-0.4, -0.2) is 29.3 Å². The van der Waals surface area contributed by atoms with Crippen molar-refractivity contribution >= 4 is 27.5 Å². The van der Waals surface area contributed by atoms with Crippen LogP contribution in [0.15, 0.2) is 45.3 Å². The van der Waals surface area contributed by atoms with Gasteiger partial charge in [-0.25, -0.2) is 0 Å². The number of alkyl halides is 3. The van der Waals surface area contributed by atoms with Crippen LogP contribution in [0.3, 0.4) is 0 Å². The van der Waals surface area contributed by atoms with Crippen LogP contribution < -0.4 is 14.8 Å². The van der Waals surface area contributed by atoms with Crippen LogP contribution in [0.1, 0.15) is 17.9 Å². The molecule has 1 N–H and O–H groups in total. The van der Waals surface area contributed by atoms with E-state index in [0.29, 0.717) is 34.9 Å². The number of ether oxygens (including phenoxy) is 2. The molecule has 0 radical (unpaired) electrons. The number of aryl methyl sites for hydroxylation is 1. The van der Waals surface area contributed by atoms with Gasteiger partial charge in [0.2, 0.25) is 17.7 Å². The van der Waals surface area contributed by atoms with Gasteiger partial charge in [-0.3, -0.25) is 4.79 Å². The van der Waals surface area contributed by atoms with Gasteiger partial charge in [0.25, 0.3) is 0 Å². The third-order valence-corrected chi connectivity index (χ3v) is 5.03. The topological polar surface area (TPSA) is 86.5 Å². The number of halogens is 4. The van der Waals surface area contributed by atoms with Crippen molar-refractivity contribution in [2.45, 2.75) is 19.0 Å². The fourth-order valence-electron chi connectivity index (χ4n) is 2.89. The number of nitrogens with one attached hydrogen (secondary N) is 1. The average Bonchev–Trinajstić information content (AvgIpc) is 3.21. The molecule has 0 aliphatic carbocycles. The first-order valence-electron chi connectivity index (χ1n) is 9.18. The minimum absolute atomic E-state index is 0.0328. The fraction of sp³-hybridized carbons (Fsp3) is 0.250. The highest BCUT2D eigenvalue weighted by Gasteiger charge is 2.30. The number of benzene rings is 2. The van der Waals surface area contributed by atoms with Crippen LogP contribution >= 0.6 is 15.9 Å². The Bertz CT molecular complexity index is 1120. The van der Waals surface area contributed by atoms with Gasteiger partial charge in [-0.15, -0.1) is 10.2 Å². The lowest BCUT2D eigenvalue weighted by Gasteiger charge is -2.20. The third-order valence-electron chi connectivity index (χ3n) is 4.38. The molecule has 3 aromatic rings. The summed E-state index contributed by atoms with van der Waals surface area (Å²) in [5, 5.41) is 10.4. The molecule has 0 fully saturated rings. The van der Waals surface area contributed by atoms with Crippen LogP contribution in [0.2, 0.25) is 0 Å². The molecule has 4 rings (SSSR count). The molecule has 1 aliphatic heterocycles. The Balaban J connectivity index is 1.38. The van der Waals surface area contributed by atoms with Crippen LogP contribution in [0.5, 0.6) is 11.5 Å². The minimum Gasteiger partial charge on any atom is -0.486 e. The minimum atomic E-state index is -4.47. The van der Waals surface area contributed by atoms with Crippen molar-refractivity contribution in [3.05, 3.63) is 52.3 Å². The summed E-state index contributed by atoms with van der Waals surface area (Å²) in [5.74, 6) is 0.910. The first-order chi connectivity index (χ1) is 14.8. The number of amides is 1. The van der Waals surface area contributed by atoms with Gasteiger partial charge in [0.1, 0.15) is 13.2 Å². The first kappa shape index (κ1) is 21.2. The monoisotopic (exact) mass is 497 g/mol. The highest BCUT2D eigenvalue weighted by atomic mass is 79.9. The zero-order chi connectivity index (χ0) is 22.0. The van der Waals surface area contributed by atoms with Gasteiger partial charge in [0, 0.05) is 35.0 Å². The summed E-state index contributed by atoms with van der Waals surface area (Å²) in [4.78, 5) is 12.3. The maximum atomic E-state index is 12.9. The number of hydrogen-bond donors (Lipinski definition) is 1. The van der Waals surface area contributed by atoms with E-state index in [9.17, 15) is 18.0 Å². The van der Waals surface area contributed by atoms with Gasteiger partial charge in [0.15, 0.2) is 11.5 Å². The van der Waals surface area contributed by atoms with Crippen molar-refractivity contribution < 1.29 is 31.9 Å². The number of carbonyl (C=O) groups excluding carboxylic acids is 1. The molecule has 0 saturated heterocycles. The average molecular weight is 498 g/mol. The lowest BCUT2D eigenvalue weighted by Crippen LogP contribution is -2.17. The van der Waals surface area contributed by atoms with Gasteiger partial charge < -0.3 is 19.2 Å². The third kappa shape index (κ3) is 4.98. The van der Waals surface area contributed by atoms with Gasteiger partial charge in [0.05, 0.1) is 11.3 Å². The molecule has 1 aliphatic rings. The van der Waals surface area contributed by atoms with Crippen molar-refractivity contribution in [3.8, 4) is 23.0 Å². The number of nitrogens with zero attached hydrogens (tertiary/aromatic N) is 2. The van der Waals surface area contributed by atoms with Gasteiger partial charge in [-0.2, -0.15) is 13.2 Å². The Morgan fingerprint density at radius 2 is 1.84 bits per heavy atom. The standard InChI is InChI=1S/C20H15BrF3N3O4/c21-13-9-15-16(30-7-6-29-15)10-14(13)25-17(28)4-5-18-26-27-19(31-18)11-2-1-3-12(8-11)20(22,23)24/h1-3,8-10H,4-7H2,(H,25,28). The van der Waals surface area contributed by atoms with Gasteiger partial charge >= 0.3 is 6.18 Å². The molecule has 0 spiro atoms. The fourth-order valence-corrected chi connectivity index (χ4v) is 3.31. The van der Waals surface area contributed by atoms with E-state index in [1.54, 1.807) is 12.1 Å². The Kier molecular flexibility index (Phi) is 5.86. The molecular formula is C20H15BrF3N3O4. The Hall–Kier alpha value is -3.08. The highest BCUT2D eigenvalue weighted by Crippen LogP contribution is 2.38. The smallest absolute Gasteiger partial charge is 0.416 e. The van der Waals surface area contributed by atoms with Crippen LogP contribution in [0.4, 0.5) is 18.9 Å². The zero-order valence-corrected chi connectivity index (χ0v) is 17.4. The van der Waals surface area contributed by atoms with Crippen molar-refractivity contribution in [2.75, 3.05) is 18.5 Å². The number of hydrogen-bond acceptors (Lipinski definition) is 6. The van der Waals surface area contributed by atoms with E-state index < -0.39 is 11.7 Å². The molecule has 7 nitrogen and oxygen atoms in total. The van der Waals surface area contributed by atoms with E-state index in [-0.39, 0.29) is 36.1 Å². The van der Waals surface area contributed by atoms with Crippen LogP contribution in [-0.2, 0) is 17.4 Å². The second-order valence-electron chi connectivity index (χ2n) is 6.60. The molecule has 0 atom stereocenters. The highest BCUT2D eigenvalue weighted by molar-refractivity contribution is 9.10. The summed E-state index contributed by atoms with van der Waals surface area (Å²) in [6.07, 6.45) is -4.32. The van der Waals surface area contributed by atoms with Crippen molar-refractivity contribution in [2.24, 2.45) is 0 Å². The van der Waals surface area contributed by atoms with Crippen LogP contribution in [0.25, 0.3) is 11.5 Å². The van der Waals surface area contributed by atoms with E-state index in [1.807, 2.05) is 0 Å². The van der Waals surface area contributed by atoms with Crippen molar-refractivity contribution in [1.82, 2.24) is 10.2 Å². The molecular weight excluding hydrogens is 483 g/mol. The number of fused-ring (bicyclic) bond motifs is 1. The SMILES string of the molecule is O=C(CCc1nnc(-c2cccc(C(F)(F)F)c2)o1)Nc1cc2c(cc1Br)OCCO2. The molecule has 2 heterocycles. The largest absolute Gasteiger partial charge is 0.486 e. The molecule has 11 heteroatoms. The number of rotatable bonds is 5. The molecule has 0 saturated carbocycles. The summed E-state index contributed by atoms with van der Waals surface area (Å²) in [5.41, 5.74) is -0.142. The molecule has 162 valence electrons. The lowest BCUT2D eigenvalue weighted by molar-refractivity contribution is -0.137. The summed E-state index contributed by atoms with van der Waals surface area (Å²) < 4.78 is 55.6. The predicted molar refractivity (Wildman–Crippen MR) is 107 cm³/mol. The number of aromatic nitrogens is 2. The number of anilines is 1. The Labute approximate surface area is 182 Å². The Morgan fingerprint density at radius 3 is 2.58 bits per heavy atom. The van der Waals surface area contributed by atoms with Crippen molar-refractivity contribution in [1.29, 1.82) is 0 Å². The van der Waals surface area contributed by atoms with E-state index in [0.717, 1.165) is 12.1 Å². The zero-order valence-electron chi connectivity index (χ0n) is 15.8. The van der Waals surface area contributed by atoms with Gasteiger partial charge in [-0.05, 0) is 34.1 Å². The molecule has 31 heavy (non-hydrogen) atoms.